The maximum Gasteiger partial charge on any atom is 0.253 e. The number of hydrogen-bond donors (Lipinski definition) is 1. The summed E-state index contributed by atoms with van der Waals surface area (Å²) in [6.07, 6.45) is 9.50. The van der Waals surface area contributed by atoms with E-state index in [2.05, 4.69) is 30.4 Å². The fourth-order valence-electron chi connectivity index (χ4n) is 5.67. The molecule has 0 saturated heterocycles. The zero-order valence-electron chi connectivity index (χ0n) is 21.2. The average molecular weight is 526 g/mol. The molecule has 11 heteroatoms. The Kier molecular flexibility index (Phi) is 6.04. The lowest BCUT2D eigenvalue weighted by atomic mass is 10.0. The molecule has 1 aliphatic carbocycles. The predicted octanol–water partition coefficient (Wildman–Crippen LogP) is 4.14. The minimum atomic E-state index is -0.565. The number of ether oxygens (including phenoxy) is 2. The van der Waals surface area contributed by atoms with Crippen LogP contribution in [0.2, 0.25) is 0 Å². The van der Waals surface area contributed by atoms with Gasteiger partial charge >= 0.3 is 0 Å². The average Bonchev–Trinajstić information content (AvgIpc) is 3.77. The molecule has 0 amide bonds. The third-order valence-electron chi connectivity index (χ3n) is 7.51. The first-order valence-electron chi connectivity index (χ1n) is 13.1. The van der Waals surface area contributed by atoms with Crippen molar-refractivity contribution < 1.29 is 13.9 Å². The van der Waals surface area contributed by atoms with Gasteiger partial charge in [-0.3, -0.25) is 14.7 Å². The summed E-state index contributed by atoms with van der Waals surface area (Å²) in [5.74, 6) is 2.66. The molecule has 1 fully saturated rings. The number of hydrogen-bond acceptors (Lipinski definition) is 9. The van der Waals surface area contributed by atoms with E-state index in [4.69, 9.17) is 13.9 Å². The van der Waals surface area contributed by atoms with E-state index in [1.807, 2.05) is 47.3 Å². The van der Waals surface area contributed by atoms with Crippen LogP contribution in [-0.4, -0.2) is 41.9 Å². The van der Waals surface area contributed by atoms with Gasteiger partial charge in [-0.2, -0.15) is 0 Å². The first kappa shape index (κ1) is 23.6. The van der Waals surface area contributed by atoms with Crippen molar-refractivity contribution in [2.75, 3.05) is 6.79 Å². The Balaban J connectivity index is 1.40. The molecule has 0 bridgehead atoms. The van der Waals surface area contributed by atoms with Gasteiger partial charge in [-0.05, 0) is 59.2 Å². The Morgan fingerprint density at radius 3 is 2.74 bits per heavy atom. The topological polar surface area (TPSA) is 124 Å². The summed E-state index contributed by atoms with van der Waals surface area (Å²) in [5, 5.41) is 13.9. The van der Waals surface area contributed by atoms with Crippen LogP contribution in [0.15, 0.2) is 70.3 Å². The molecule has 7 rings (SSSR count). The smallest absolute Gasteiger partial charge is 0.253 e. The summed E-state index contributed by atoms with van der Waals surface area (Å²) in [4.78, 5) is 23.3. The number of pyridine rings is 2. The first-order chi connectivity index (χ1) is 19.2. The lowest BCUT2D eigenvalue weighted by Crippen LogP contribution is -2.35. The van der Waals surface area contributed by atoms with Crippen molar-refractivity contribution in [1.29, 1.82) is 0 Å². The zero-order valence-corrected chi connectivity index (χ0v) is 21.2. The Labute approximate surface area is 223 Å². The van der Waals surface area contributed by atoms with E-state index < -0.39 is 6.04 Å². The van der Waals surface area contributed by atoms with Crippen LogP contribution in [-0.2, 0) is 13.1 Å². The van der Waals surface area contributed by atoms with E-state index in [9.17, 15) is 4.79 Å². The SMILES string of the molecule is O=c1[nH]c2cc3c(cc2cc1[C@H](c1nnnn1C1CCCC1)N(Cc1cccnc1)Cc1ccco1)OCO3. The van der Waals surface area contributed by atoms with E-state index in [1.54, 1.807) is 18.5 Å². The van der Waals surface area contributed by atoms with Gasteiger partial charge in [-0.1, -0.05) is 18.9 Å². The van der Waals surface area contributed by atoms with Crippen molar-refractivity contribution in [3.8, 4) is 11.5 Å². The molecular weight excluding hydrogens is 498 g/mol. The monoisotopic (exact) mass is 525 g/mol. The van der Waals surface area contributed by atoms with Gasteiger partial charge in [0.15, 0.2) is 17.3 Å². The Morgan fingerprint density at radius 2 is 1.95 bits per heavy atom. The second-order valence-electron chi connectivity index (χ2n) is 10.0. The van der Waals surface area contributed by atoms with Crippen molar-refractivity contribution in [2.24, 2.45) is 0 Å². The normalized spacial score (nSPS) is 15.9. The number of furan rings is 1. The molecule has 1 aliphatic heterocycles. The quantitative estimate of drug-likeness (QED) is 0.318. The maximum atomic E-state index is 13.8. The molecule has 11 nitrogen and oxygen atoms in total. The first-order valence-corrected chi connectivity index (χ1v) is 13.1. The van der Waals surface area contributed by atoms with E-state index in [0.717, 1.165) is 42.4 Å². The summed E-state index contributed by atoms with van der Waals surface area (Å²) >= 11 is 0. The summed E-state index contributed by atoms with van der Waals surface area (Å²) < 4.78 is 18.8. The lowest BCUT2D eigenvalue weighted by Gasteiger charge is -2.31. The number of aromatic nitrogens is 6. The van der Waals surface area contributed by atoms with Crippen LogP contribution in [0.1, 0.15) is 60.5 Å². The van der Waals surface area contributed by atoms with Crippen LogP contribution in [0, 0.1) is 0 Å². The second kappa shape index (κ2) is 9.99. The summed E-state index contributed by atoms with van der Waals surface area (Å²) in [7, 11) is 0. The number of H-pyrrole nitrogens is 1. The van der Waals surface area contributed by atoms with E-state index in [1.165, 1.54) is 0 Å². The van der Waals surface area contributed by atoms with Gasteiger partial charge in [0.25, 0.3) is 5.56 Å². The fraction of sp³-hybridized carbons (Fsp3) is 0.321. The fourth-order valence-corrected chi connectivity index (χ4v) is 5.67. The van der Waals surface area contributed by atoms with Gasteiger partial charge < -0.3 is 18.9 Å². The maximum absolute atomic E-state index is 13.8. The summed E-state index contributed by atoms with van der Waals surface area (Å²) in [6, 6.07) is 12.9. The number of benzene rings is 1. The Bertz CT molecular complexity index is 1640. The molecule has 1 saturated carbocycles. The van der Waals surface area contributed by atoms with Crippen molar-refractivity contribution >= 4 is 10.9 Å². The van der Waals surface area contributed by atoms with Gasteiger partial charge in [0, 0.05) is 36.0 Å². The minimum absolute atomic E-state index is 0.156. The highest BCUT2D eigenvalue weighted by Gasteiger charge is 2.34. The highest BCUT2D eigenvalue weighted by atomic mass is 16.7. The van der Waals surface area contributed by atoms with Gasteiger partial charge in [0.1, 0.15) is 11.8 Å². The van der Waals surface area contributed by atoms with Crippen molar-refractivity contribution in [3.05, 3.63) is 94.2 Å². The Hall–Kier alpha value is -4.51. The minimum Gasteiger partial charge on any atom is -0.468 e. The number of tetrazole rings is 1. The molecule has 0 radical (unpaired) electrons. The van der Waals surface area contributed by atoms with E-state index in [0.29, 0.717) is 41.5 Å². The molecule has 0 unspecified atom stereocenters. The molecule has 5 heterocycles. The zero-order chi connectivity index (χ0) is 26.2. The van der Waals surface area contributed by atoms with Gasteiger partial charge in [0.05, 0.1) is 24.4 Å². The molecule has 39 heavy (non-hydrogen) atoms. The lowest BCUT2D eigenvalue weighted by molar-refractivity contribution is 0.174. The third kappa shape index (κ3) is 4.54. The van der Waals surface area contributed by atoms with Crippen LogP contribution < -0.4 is 15.0 Å². The van der Waals surface area contributed by atoms with Crippen LogP contribution in [0.3, 0.4) is 0 Å². The van der Waals surface area contributed by atoms with Gasteiger partial charge in [-0.25, -0.2) is 4.68 Å². The second-order valence-corrected chi connectivity index (χ2v) is 10.0. The highest BCUT2D eigenvalue weighted by molar-refractivity contribution is 5.83. The number of fused-ring (bicyclic) bond motifs is 2. The molecule has 0 spiro atoms. The van der Waals surface area contributed by atoms with Crippen LogP contribution in [0.4, 0.5) is 0 Å². The number of rotatable bonds is 8. The van der Waals surface area contributed by atoms with Gasteiger partial charge in [-0.15, -0.1) is 5.10 Å². The number of nitrogens with zero attached hydrogens (tertiary/aromatic N) is 6. The predicted molar refractivity (Wildman–Crippen MR) is 140 cm³/mol. The van der Waals surface area contributed by atoms with Crippen molar-refractivity contribution in [1.82, 2.24) is 35.1 Å². The molecular formula is C28H27N7O4. The van der Waals surface area contributed by atoms with Crippen LogP contribution in [0.25, 0.3) is 10.9 Å². The molecule has 198 valence electrons. The molecule has 1 atom stereocenters. The molecule has 1 N–H and O–H groups in total. The third-order valence-corrected chi connectivity index (χ3v) is 7.51. The standard InChI is InChI=1S/C28H27N7O4/c36-28-22(11-19-12-24-25(39-17-38-24)13-23(19)30-28)26(27-31-32-33-35(27)20-6-1-2-7-20)34(16-21-8-4-10-37-21)15-18-5-3-9-29-14-18/h3-5,8-14,20,26H,1-2,6-7,15-17H2,(H,30,36)/t26-/m1/s1. The highest BCUT2D eigenvalue weighted by Crippen LogP contribution is 2.38. The van der Waals surface area contributed by atoms with Crippen molar-refractivity contribution in [2.45, 2.75) is 50.9 Å². The van der Waals surface area contributed by atoms with Crippen LogP contribution in [0.5, 0.6) is 11.5 Å². The van der Waals surface area contributed by atoms with E-state index >= 15 is 0 Å². The Morgan fingerprint density at radius 1 is 1.08 bits per heavy atom. The summed E-state index contributed by atoms with van der Waals surface area (Å²) in [6.45, 7) is 1.08. The molecule has 5 aromatic rings. The molecule has 4 aromatic heterocycles. The van der Waals surface area contributed by atoms with Crippen LogP contribution >= 0.6 is 0 Å². The molecule has 1 aromatic carbocycles. The van der Waals surface area contributed by atoms with Crippen molar-refractivity contribution in [3.63, 3.8) is 0 Å². The van der Waals surface area contributed by atoms with E-state index in [-0.39, 0.29) is 18.4 Å². The number of aromatic amines is 1. The number of nitrogens with one attached hydrogen (secondary N) is 1. The summed E-state index contributed by atoms with van der Waals surface area (Å²) in [5.41, 5.74) is 1.98. The largest absolute Gasteiger partial charge is 0.468 e. The molecule has 2 aliphatic rings. The van der Waals surface area contributed by atoms with Gasteiger partial charge in [0.2, 0.25) is 6.79 Å².